The Morgan fingerprint density at radius 3 is 1.69 bits per heavy atom. The van der Waals surface area contributed by atoms with Gasteiger partial charge in [0, 0.05) is 39.0 Å². The molecule has 0 N–H and O–H groups in total. The quantitative estimate of drug-likeness (QED) is 0.193. The first-order valence-corrected chi connectivity index (χ1v) is 17.2. The van der Waals surface area contributed by atoms with Crippen molar-refractivity contribution in [1.29, 1.82) is 0 Å². The SMILES string of the molecule is CC1(C)c2ccccc2-c2ccc(N(c3ccccc3)c3cc4oc5ccccc5c4cc3C3(C)c4ccccc4-c4ccccc43)cc21. The predicted octanol–water partition coefficient (Wildman–Crippen LogP) is 12.7. The lowest BCUT2D eigenvalue weighted by molar-refractivity contribution is 0.660. The van der Waals surface area contributed by atoms with Gasteiger partial charge in [-0.2, -0.15) is 0 Å². The van der Waals surface area contributed by atoms with E-state index in [9.17, 15) is 0 Å². The first-order valence-electron chi connectivity index (χ1n) is 17.2. The molecule has 234 valence electrons. The summed E-state index contributed by atoms with van der Waals surface area (Å²) in [6.45, 7) is 7.12. The third-order valence-corrected chi connectivity index (χ3v) is 11.3. The Balaban J connectivity index is 1.31. The fraction of sp³-hybridized carbons (Fsp3) is 0.106. The molecule has 0 bridgehead atoms. The second-order valence-electron chi connectivity index (χ2n) is 14.3. The highest BCUT2D eigenvalue weighted by molar-refractivity contribution is 6.07. The van der Waals surface area contributed by atoms with Crippen molar-refractivity contribution in [2.75, 3.05) is 4.90 Å². The molecule has 0 spiro atoms. The number of furan rings is 1. The molecule has 0 saturated heterocycles. The average Bonchev–Trinajstić information content (AvgIpc) is 3.72. The summed E-state index contributed by atoms with van der Waals surface area (Å²) in [5, 5.41) is 2.27. The highest BCUT2D eigenvalue weighted by Gasteiger charge is 2.43. The van der Waals surface area contributed by atoms with E-state index in [-0.39, 0.29) is 5.41 Å². The first-order chi connectivity index (χ1) is 23.9. The minimum absolute atomic E-state index is 0.120. The minimum Gasteiger partial charge on any atom is -0.456 e. The molecule has 1 heterocycles. The Kier molecular flexibility index (Phi) is 5.79. The number of benzene rings is 7. The number of anilines is 3. The zero-order valence-corrected chi connectivity index (χ0v) is 27.9. The molecule has 8 aromatic rings. The van der Waals surface area contributed by atoms with Crippen LogP contribution in [0.1, 0.15) is 48.6 Å². The smallest absolute Gasteiger partial charge is 0.137 e. The topological polar surface area (TPSA) is 16.4 Å². The van der Waals surface area contributed by atoms with Gasteiger partial charge in [0.05, 0.1) is 5.69 Å². The fourth-order valence-corrected chi connectivity index (χ4v) is 8.92. The van der Waals surface area contributed by atoms with Crippen LogP contribution in [0.3, 0.4) is 0 Å². The number of rotatable bonds is 4. The van der Waals surface area contributed by atoms with Crippen molar-refractivity contribution in [3.8, 4) is 22.3 Å². The molecular weight excluding hydrogens is 595 g/mol. The fourth-order valence-electron chi connectivity index (χ4n) is 8.92. The zero-order chi connectivity index (χ0) is 32.9. The molecular formula is C47H35NO. The van der Waals surface area contributed by atoms with E-state index in [2.05, 4.69) is 183 Å². The number of nitrogens with zero attached hydrogens (tertiary/aromatic N) is 1. The van der Waals surface area contributed by atoms with Gasteiger partial charge in [0.15, 0.2) is 0 Å². The van der Waals surface area contributed by atoms with Crippen molar-refractivity contribution in [1.82, 2.24) is 0 Å². The van der Waals surface area contributed by atoms with Crippen LogP contribution < -0.4 is 4.90 Å². The molecule has 2 nitrogen and oxygen atoms in total. The third kappa shape index (κ3) is 3.83. The number of hydrogen-bond donors (Lipinski definition) is 0. The highest BCUT2D eigenvalue weighted by Crippen LogP contribution is 2.57. The van der Waals surface area contributed by atoms with Gasteiger partial charge in [-0.15, -0.1) is 0 Å². The van der Waals surface area contributed by atoms with Crippen LogP contribution in [-0.4, -0.2) is 0 Å². The second kappa shape index (κ2) is 10.1. The molecule has 0 aliphatic heterocycles. The summed E-state index contributed by atoms with van der Waals surface area (Å²) in [7, 11) is 0. The maximum absolute atomic E-state index is 6.63. The summed E-state index contributed by atoms with van der Waals surface area (Å²) in [4.78, 5) is 2.45. The van der Waals surface area contributed by atoms with E-state index in [4.69, 9.17) is 4.42 Å². The van der Waals surface area contributed by atoms with Crippen LogP contribution in [-0.2, 0) is 10.8 Å². The van der Waals surface area contributed by atoms with Gasteiger partial charge in [0.1, 0.15) is 11.2 Å². The van der Waals surface area contributed by atoms with E-state index in [0.717, 1.165) is 39.0 Å². The summed E-state index contributed by atoms with van der Waals surface area (Å²) >= 11 is 0. The van der Waals surface area contributed by atoms with E-state index in [0.29, 0.717) is 0 Å². The molecule has 0 fully saturated rings. The van der Waals surface area contributed by atoms with E-state index in [1.165, 1.54) is 50.1 Å². The highest BCUT2D eigenvalue weighted by atomic mass is 16.3. The standard InChI is InChI=1S/C47H35NO/c1-46(2)38-21-11-7-17-32(38)35-26-25-31(27-41(35)46)48(30-15-5-4-6-16-30)43-29-45-37(36-20-10-14-24-44(36)49-45)28-42(43)47(3)39-22-12-8-18-33(39)34-19-9-13-23-40(34)47/h4-29H,1-3H3. The molecule has 0 amide bonds. The summed E-state index contributed by atoms with van der Waals surface area (Å²) < 4.78 is 6.63. The van der Waals surface area contributed by atoms with E-state index >= 15 is 0 Å². The van der Waals surface area contributed by atoms with Crippen LogP contribution in [0.4, 0.5) is 17.1 Å². The summed E-state index contributed by atoms with van der Waals surface area (Å²) in [5.41, 5.74) is 16.5. The van der Waals surface area contributed by atoms with Crippen molar-refractivity contribution in [3.63, 3.8) is 0 Å². The zero-order valence-electron chi connectivity index (χ0n) is 27.9. The number of fused-ring (bicyclic) bond motifs is 9. The Labute approximate surface area is 286 Å². The monoisotopic (exact) mass is 629 g/mol. The van der Waals surface area contributed by atoms with Gasteiger partial charge in [0.25, 0.3) is 0 Å². The maximum Gasteiger partial charge on any atom is 0.137 e. The van der Waals surface area contributed by atoms with Gasteiger partial charge in [-0.3, -0.25) is 0 Å². The first kappa shape index (κ1) is 28.2. The summed E-state index contributed by atoms with van der Waals surface area (Å²) in [6, 6.07) is 57.7. The lowest BCUT2D eigenvalue weighted by atomic mass is 9.73. The Morgan fingerprint density at radius 2 is 0.980 bits per heavy atom. The maximum atomic E-state index is 6.63. The number of hydrogen-bond acceptors (Lipinski definition) is 2. The van der Waals surface area contributed by atoms with Crippen molar-refractivity contribution in [3.05, 3.63) is 186 Å². The van der Waals surface area contributed by atoms with E-state index < -0.39 is 5.41 Å². The molecule has 0 radical (unpaired) electrons. The van der Waals surface area contributed by atoms with Crippen LogP contribution in [0.15, 0.2) is 162 Å². The molecule has 2 aliphatic rings. The average molecular weight is 630 g/mol. The lowest BCUT2D eigenvalue weighted by Gasteiger charge is -2.35. The summed E-state index contributed by atoms with van der Waals surface area (Å²) in [6.07, 6.45) is 0. The molecule has 49 heavy (non-hydrogen) atoms. The lowest BCUT2D eigenvalue weighted by Crippen LogP contribution is -2.26. The van der Waals surface area contributed by atoms with E-state index in [1.54, 1.807) is 0 Å². The molecule has 7 aromatic carbocycles. The molecule has 0 atom stereocenters. The van der Waals surface area contributed by atoms with Crippen molar-refractivity contribution >= 4 is 39.0 Å². The summed E-state index contributed by atoms with van der Waals surface area (Å²) in [5.74, 6) is 0. The van der Waals surface area contributed by atoms with Gasteiger partial charge in [-0.05, 0) is 93.4 Å². The predicted molar refractivity (Wildman–Crippen MR) is 203 cm³/mol. The Morgan fingerprint density at radius 1 is 0.408 bits per heavy atom. The normalized spacial score (nSPS) is 14.8. The Hall–Kier alpha value is -5.86. The van der Waals surface area contributed by atoms with Gasteiger partial charge in [0.2, 0.25) is 0 Å². The molecule has 0 unspecified atom stereocenters. The molecule has 10 rings (SSSR count). The van der Waals surface area contributed by atoms with Crippen LogP contribution >= 0.6 is 0 Å². The van der Waals surface area contributed by atoms with Crippen LogP contribution in [0.2, 0.25) is 0 Å². The van der Waals surface area contributed by atoms with Gasteiger partial charge in [-0.1, -0.05) is 129 Å². The number of para-hydroxylation sites is 2. The van der Waals surface area contributed by atoms with Gasteiger partial charge < -0.3 is 9.32 Å². The molecule has 0 saturated carbocycles. The van der Waals surface area contributed by atoms with Crippen molar-refractivity contribution < 1.29 is 4.42 Å². The van der Waals surface area contributed by atoms with Gasteiger partial charge >= 0.3 is 0 Å². The van der Waals surface area contributed by atoms with E-state index in [1.807, 2.05) is 0 Å². The minimum atomic E-state index is -0.422. The molecule has 2 heteroatoms. The van der Waals surface area contributed by atoms with Crippen LogP contribution in [0.25, 0.3) is 44.2 Å². The van der Waals surface area contributed by atoms with Crippen LogP contribution in [0, 0.1) is 0 Å². The van der Waals surface area contributed by atoms with Crippen LogP contribution in [0.5, 0.6) is 0 Å². The van der Waals surface area contributed by atoms with Gasteiger partial charge in [-0.25, -0.2) is 0 Å². The largest absolute Gasteiger partial charge is 0.456 e. The molecule has 2 aliphatic carbocycles. The van der Waals surface area contributed by atoms with Crippen molar-refractivity contribution in [2.45, 2.75) is 31.6 Å². The third-order valence-electron chi connectivity index (χ3n) is 11.3. The Bertz CT molecular complexity index is 2560. The second-order valence-corrected chi connectivity index (χ2v) is 14.3. The van der Waals surface area contributed by atoms with Crippen molar-refractivity contribution in [2.24, 2.45) is 0 Å². The molecule has 1 aromatic heterocycles.